The summed E-state index contributed by atoms with van der Waals surface area (Å²) >= 11 is 0. The molecule has 0 radical (unpaired) electrons. The summed E-state index contributed by atoms with van der Waals surface area (Å²) in [5, 5.41) is 7.11. The molecule has 0 saturated heterocycles. The summed E-state index contributed by atoms with van der Waals surface area (Å²) in [6.07, 6.45) is 6.67. The summed E-state index contributed by atoms with van der Waals surface area (Å²) in [6.45, 7) is 3.23. The molecule has 0 saturated carbocycles. The van der Waals surface area contributed by atoms with Crippen LogP contribution in [0.4, 0.5) is 5.82 Å². The van der Waals surface area contributed by atoms with E-state index in [0.717, 1.165) is 12.1 Å². The lowest BCUT2D eigenvalue weighted by atomic mass is 10.3. The number of carbonyl (C=O) groups is 1. The SMILES string of the molecule is CCNc1cnc(C(=O)N(C)Cc2cnn(C)c2)cn1. The molecular weight excluding hydrogens is 256 g/mol. The largest absolute Gasteiger partial charge is 0.369 e. The quantitative estimate of drug-likeness (QED) is 0.877. The lowest BCUT2D eigenvalue weighted by molar-refractivity contribution is 0.0779. The number of amides is 1. The number of nitrogens with one attached hydrogen (secondary N) is 1. The number of aromatic nitrogens is 4. The number of nitrogens with zero attached hydrogens (tertiary/aromatic N) is 5. The van der Waals surface area contributed by atoms with Gasteiger partial charge in [-0.25, -0.2) is 9.97 Å². The molecule has 0 spiro atoms. The highest BCUT2D eigenvalue weighted by molar-refractivity contribution is 5.91. The van der Waals surface area contributed by atoms with Crippen molar-refractivity contribution < 1.29 is 4.79 Å². The second kappa shape index (κ2) is 6.14. The molecule has 0 aliphatic rings. The normalized spacial score (nSPS) is 10.3. The average molecular weight is 274 g/mol. The van der Waals surface area contributed by atoms with Crippen molar-refractivity contribution in [1.82, 2.24) is 24.6 Å². The monoisotopic (exact) mass is 274 g/mol. The highest BCUT2D eigenvalue weighted by Crippen LogP contribution is 2.07. The van der Waals surface area contributed by atoms with Gasteiger partial charge in [0, 0.05) is 38.9 Å². The summed E-state index contributed by atoms with van der Waals surface area (Å²) in [6, 6.07) is 0. The first-order valence-corrected chi connectivity index (χ1v) is 6.39. The van der Waals surface area contributed by atoms with E-state index in [1.54, 1.807) is 29.0 Å². The topological polar surface area (TPSA) is 75.9 Å². The van der Waals surface area contributed by atoms with Crippen LogP contribution in [0.5, 0.6) is 0 Å². The Morgan fingerprint density at radius 1 is 1.35 bits per heavy atom. The second-order valence-electron chi connectivity index (χ2n) is 4.50. The zero-order chi connectivity index (χ0) is 14.5. The van der Waals surface area contributed by atoms with Crippen LogP contribution in [0.1, 0.15) is 23.0 Å². The minimum atomic E-state index is -0.163. The van der Waals surface area contributed by atoms with Gasteiger partial charge >= 0.3 is 0 Å². The molecular formula is C13H18N6O. The summed E-state index contributed by atoms with van der Waals surface area (Å²) in [4.78, 5) is 22.1. The molecule has 20 heavy (non-hydrogen) atoms. The van der Waals surface area contributed by atoms with Crippen LogP contribution in [0.15, 0.2) is 24.8 Å². The van der Waals surface area contributed by atoms with E-state index < -0.39 is 0 Å². The maximum atomic E-state index is 12.2. The van der Waals surface area contributed by atoms with Crippen LogP contribution in [-0.4, -0.2) is 44.1 Å². The van der Waals surface area contributed by atoms with E-state index in [1.807, 2.05) is 20.2 Å². The van der Waals surface area contributed by atoms with Crippen LogP contribution in [0.25, 0.3) is 0 Å². The fourth-order valence-corrected chi connectivity index (χ4v) is 1.81. The molecule has 0 fully saturated rings. The zero-order valence-corrected chi connectivity index (χ0v) is 11.9. The zero-order valence-electron chi connectivity index (χ0n) is 11.9. The molecule has 0 aliphatic carbocycles. The third-order valence-corrected chi connectivity index (χ3v) is 2.75. The lowest BCUT2D eigenvalue weighted by Crippen LogP contribution is -2.27. The number of carbonyl (C=O) groups excluding carboxylic acids is 1. The van der Waals surface area contributed by atoms with Crippen LogP contribution in [0.2, 0.25) is 0 Å². The second-order valence-corrected chi connectivity index (χ2v) is 4.50. The van der Waals surface area contributed by atoms with Gasteiger partial charge in [-0.3, -0.25) is 9.48 Å². The van der Waals surface area contributed by atoms with Gasteiger partial charge in [0.25, 0.3) is 5.91 Å². The van der Waals surface area contributed by atoms with Crippen molar-refractivity contribution in [3.05, 3.63) is 36.0 Å². The summed E-state index contributed by atoms with van der Waals surface area (Å²) < 4.78 is 1.71. The third-order valence-electron chi connectivity index (χ3n) is 2.75. The van der Waals surface area contributed by atoms with Crippen LogP contribution >= 0.6 is 0 Å². The molecule has 2 heterocycles. The van der Waals surface area contributed by atoms with E-state index >= 15 is 0 Å². The Kier molecular flexibility index (Phi) is 4.29. The Labute approximate surface area is 117 Å². The standard InChI is InChI=1S/C13H18N6O/c1-4-14-12-7-15-11(6-16-12)13(20)18(2)8-10-5-17-19(3)9-10/h5-7,9H,4,8H2,1-3H3,(H,14,16). The van der Waals surface area contributed by atoms with E-state index in [1.165, 1.54) is 6.20 Å². The lowest BCUT2D eigenvalue weighted by Gasteiger charge is -2.15. The average Bonchev–Trinajstić information content (AvgIpc) is 2.84. The molecule has 106 valence electrons. The molecule has 2 aromatic rings. The molecule has 2 rings (SSSR count). The Balaban J connectivity index is 2.02. The van der Waals surface area contributed by atoms with E-state index in [9.17, 15) is 4.79 Å². The van der Waals surface area contributed by atoms with Crippen LogP contribution in [0.3, 0.4) is 0 Å². The Hall–Kier alpha value is -2.44. The van der Waals surface area contributed by atoms with Crippen molar-refractivity contribution in [2.45, 2.75) is 13.5 Å². The van der Waals surface area contributed by atoms with Crippen molar-refractivity contribution in [3.63, 3.8) is 0 Å². The van der Waals surface area contributed by atoms with Gasteiger partial charge in [0.2, 0.25) is 0 Å². The smallest absolute Gasteiger partial charge is 0.274 e. The molecule has 0 aromatic carbocycles. The van der Waals surface area contributed by atoms with Crippen LogP contribution in [-0.2, 0) is 13.6 Å². The molecule has 7 heteroatoms. The number of hydrogen-bond donors (Lipinski definition) is 1. The van der Waals surface area contributed by atoms with Gasteiger partial charge in [-0.05, 0) is 6.92 Å². The van der Waals surface area contributed by atoms with Crippen molar-refractivity contribution in [2.24, 2.45) is 7.05 Å². The molecule has 1 amide bonds. The first-order chi connectivity index (χ1) is 9.60. The maximum Gasteiger partial charge on any atom is 0.274 e. The predicted octanol–water partition coefficient (Wildman–Crippen LogP) is 0.914. The molecule has 7 nitrogen and oxygen atoms in total. The molecule has 1 N–H and O–H groups in total. The van der Waals surface area contributed by atoms with Gasteiger partial charge in [-0.15, -0.1) is 0 Å². The highest BCUT2D eigenvalue weighted by atomic mass is 16.2. The van der Waals surface area contributed by atoms with Crippen molar-refractivity contribution >= 4 is 11.7 Å². The molecule has 0 bridgehead atoms. The van der Waals surface area contributed by atoms with Gasteiger partial charge < -0.3 is 10.2 Å². The predicted molar refractivity (Wildman–Crippen MR) is 75.2 cm³/mol. The minimum Gasteiger partial charge on any atom is -0.369 e. The van der Waals surface area contributed by atoms with E-state index in [-0.39, 0.29) is 5.91 Å². The molecule has 0 atom stereocenters. The Morgan fingerprint density at radius 3 is 2.70 bits per heavy atom. The minimum absolute atomic E-state index is 0.163. The van der Waals surface area contributed by atoms with Crippen molar-refractivity contribution in [3.8, 4) is 0 Å². The number of anilines is 1. The van der Waals surface area contributed by atoms with Gasteiger partial charge in [0.15, 0.2) is 0 Å². The third kappa shape index (κ3) is 3.31. The van der Waals surface area contributed by atoms with E-state index in [4.69, 9.17) is 0 Å². The van der Waals surface area contributed by atoms with E-state index in [2.05, 4.69) is 20.4 Å². The number of rotatable bonds is 5. The van der Waals surface area contributed by atoms with Gasteiger partial charge in [0.05, 0.1) is 18.6 Å². The molecule has 0 aliphatic heterocycles. The number of hydrogen-bond acceptors (Lipinski definition) is 5. The first-order valence-electron chi connectivity index (χ1n) is 6.39. The summed E-state index contributed by atoms with van der Waals surface area (Å²) in [5.74, 6) is 0.503. The van der Waals surface area contributed by atoms with Gasteiger partial charge in [0.1, 0.15) is 11.5 Å². The Bertz CT molecular complexity index is 577. The fraction of sp³-hybridized carbons (Fsp3) is 0.385. The molecule has 2 aromatic heterocycles. The van der Waals surface area contributed by atoms with Crippen molar-refractivity contribution in [2.75, 3.05) is 18.9 Å². The van der Waals surface area contributed by atoms with Gasteiger partial charge in [-0.2, -0.15) is 5.10 Å². The Morgan fingerprint density at radius 2 is 2.15 bits per heavy atom. The summed E-state index contributed by atoms with van der Waals surface area (Å²) in [5.41, 5.74) is 1.30. The number of aryl methyl sites for hydroxylation is 1. The van der Waals surface area contributed by atoms with Crippen LogP contribution in [0, 0.1) is 0 Å². The highest BCUT2D eigenvalue weighted by Gasteiger charge is 2.14. The molecule has 0 unspecified atom stereocenters. The maximum absolute atomic E-state index is 12.2. The fourth-order valence-electron chi connectivity index (χ4n) is 1.81. The first kappa shape index (κ1) is 14.0. The van der Waals surface area contributed by atoms with Gasteiger partial charge in [-0.1, -0.05) is 0 Å². The van der Waals surface area contributed by atoms with Crippen LogP contribution < -0.4 is 5.32 Å². The summed E-state index contributed by atoms with van der Waals surface area (Å²) in [7, 11) is 3.57. The van der Waals surface area contributed by atoms with E-state index in [0.29, 0.717) is 18.1 Å². The van der Waals surface area contributed by atoms with Crippen molar-refractivity contribution in [1.29, 1.82) is 0 Å².